The summed E-state index contributed by atoms with van der Waals surface area (Å²) in [5.74, 6) is -1.64. The number of rotatable bonds is 10. The number of carboxylic acid groups (broad SMARTS) is 1. The first-order chi connectivity index (χ1) is 21.6. The summed E-state index contributed by atoms with van der Waals surface area (Å²) < 4.78 is 51.3. The molecule has 3 N–H and O–H groups in total. The molecule has 4 aromatic rings. The summed E-state index contributed by atoms with van der Waals surface area (Å²) in [6, 6.07) is 12.1. The highest BCUT2D eigenvalue weighted by atomic mass is 32.1. The number of halogens is 3. The summed E-state index contributed by atoms with van der Waals surface area (Å²) >= 11 is 1.55. The van der Waals surface area contributed by atoms with Crippen LogP contribution in [-0.4, -0.2) is 51.5 Å². The maximum absolute atomic E-state index is 13.2. The first-order valence-electron chi connectivity index (χ1n) is 15.0. The number of carbonyl (C=O) groups is 2. The Bertz CT molecular complexity index is 1740. The molecular formula is C32H31F3N4O5S. The number of para-hydroxylation sites is 1. The number of aromatic nitrogens is 2. The molecule has 236 valence electrons. The molecule has 1 amide bonds. The lowest BCUT2D eigenvalue weighted by Crippen LogP contribution is -2.45. The van der Waals surface area contributed by atoms with Gasteiger partial charge in [-0.05, 0) is 68.7 Å². The summed E-state index contributed by atoms with van der Waals surface area (Å²) in [4.78, 5) is 33.3. The number of nitrogens with one attached hydrogen (secondary N) is 2. The Balaban J connectivity index is 1.06. The second-order valence-electron chi connectivity index (χ2n) is 11.9. The highest BCUT2D eigenvalue weighted by molar-refractivity contribution is 7.22. The number of hydrogen-bond donors (Lipinski definition) is 3. The molecule has 0 radical (unpaired) electrons. The Kier molecular flexibility index (Phi) is 7.68. The second kappa shape index (κ2) is 11.7. The van der Waals surface area contributed by atoms with Crippen LogP contribution in [-0.2, 0) is 20.9 Å². The molecule has 0 spiro atoms. The number of piperidine rings is 1. The highest BCUT2D eigenvalue weighted by Crippen LogP contribution is 2.47. The summed E-state index contributed by atoms with van der Waals surface area (Å²) in [7, 11) is 0. The monoisotopic (exact) mass is 640 g/mol. The molecule has 2 bridgehead atoms. The maximum atomic E-state index is 13.2. The molecule has 2 unspecified atom stereocenters. The number of thiazole rings is 1. The molecule has 1 aliphatic carbocycles. The first-order valence-corrected chi connectivity index (χ1v) is 15.8. The van der Waals surface area contributed by atoms with Gasteiger partial charge < -0.3 is 29.8 Å². The molecule has 2 aromatic carbocycles. The number of nitrogens with zero attached hydrogens (tertiary/aromatic N) is 2. The molecule has 2 atom stereocenters. The fourth-order valence-electron chi connectivity index (χ4n) is 6.72. The fraction of sp³-hybridized carbons (Fsp3) is 0.406. The van der Waals surface area contributed by atoms with E-state index < -0.39 is 24.7 Å². The minimum absolute atomic E-state index is 0.000602. The van der Waals surface area contributed by atoms with Crippen molar-refractivity contribution in [1.82, 2.24) is 9.97 Å². The van der Waals surface area contributed by atoms with Crippen LogP contribution in [0.5, 0.6) is 5.75 Å². The first kappa shape index (κ1) is 29.6. The SMILES string of the molecule is O=C(O)CC(=O)Nc1ccc2nc(N3C4CCC3CC(OCc3c(-c5ccccc5OC(F)(F)F)c[nH]c3C3CC3)C4)sc2c1. The molecule has 7 rings (SSSR count). The number of benzene rings is 2. The predicted molar refractivity (Wildman–Crippen MR) is 162 cm³/mol. The summed E-state index contributed by atoms with van der Waals surface area (Å²) in [5.41, 5.74) is 4.31. The third kappa shape index (κ3) is 6.36. The lowest BCUT2D eigenvalue weighted by molar-refractivity contribution is -0.274. The van der Waals surface area contributed by atoms with Gasteiger partial charge in [0.2, 0.25) is 5.91 Å². The molecule has 45 heavy (non-hydrogen) atoms. The van der Waals surface area contributed by atoms with Gasteiger partial charge in [0, 0.05) is 46.4 Å². The van der Waals surface area contributed by atoms with Gasteiger partial charge in [-0.3, -0.25) is 9.59 Å². The van der Waals surface area contributed by atoms with Gasteiger partial charge in [0.05, 0.1) is 22.9 Å². The Morgan fingerprint density at radius 2 is 1.82 bits per heavy atom. The van der Waals surface area contributed by atoms with Crippen LogP contribution in [0.3, 0.4) is 0 Å². The number of hydrogen-bond acceptors (Lipinski definition) is 7. The molecule has 2 aliphatic heterocycles. The van der Waals surface area contributed by atoms with E-state index in [0.717, 1.165) is 65.1 Å². The molecule has 9 nitrogen and oxygen atoms in total. The standard InChI is InChI=1S/C32H31F3N4O5S/c33-32(34,35)44-26-4-2-1-3-22(26)23-15-36-30(17-5-6-17)24(23)16-43-21-12-19-8-9-20(13-21)39(19)31-38-25-10-7-18(11-27(25)45-31)37-28(40)14-29(41)42/h1-4,7,10-11,15,17,19-21,36H,5-6,8-9,12-14,16H2,(H,37,40)(H,41,42). The van der Waals surface area contributed by atoms with Crippen LogP contribution in [0.15, 0.2) is 48.7 Å². The van der Waals surface area contributed by atoms with Crippen molar-refractivity contribution in [3.8, 4) is 16.9 Å². The van der Waals surface area contributed by atoms with Gasteiger partial charge in [0.15, 0.2) is 5.13 Å². The molecular weight excluding hydrogens is 609 g/mol. The minimum atomic E-state index is -4.79. The van der Waals surface area contributed by atoms with Gasteiger partial charge in [-0.25, -0.2) is 4.98 Å². The lowest BCUT2D eigenvalue weighted by atomic mass is 9.99. The van der Waals surface area contributed by atoms with Gasteiger partial charge >= 0.3 is 12.3 Å². The number of alkyl halides is 3. The summed E-state index contributed by atoms with van der Waals surface area (Å²) in [6.45, 7) is 0.298. The third-order valence-corrected chi connectivity index (χ3v) is 9.79. The van der Waals surface area contributed by atoms with Crippen molar-refractivity contribution in [2.45, 2.75) is 82.0 Å². The molecule has 13 heteroatoms. The molecule has 3 fully saturated rings. The van der Waals surface area contributed by atoms with Crippen LogP contribution >= 0.6 is 11.3 Å². The number of carbonyl (C=O) groups excluding carboxylic acids is 1. The zero-order valence-corrected chi connectivity index (χ0v) is 24.9. The van der Waals surface area contributed by atoms with E-state index in [4.69, 9.17) is 14.8 Å². The lowest BCUT2D eigenvalue weighted by Gasteiger charge is -2.38. The van der Waals surface area contributed by atoms with Crippen molar-refractivity contribution in [2.75, 3.05) is 10.2 Å². The van der Waals surface area contributed by atoms with E-state index in [1.165, 1.54) is 12.1 Å². The summed E-state index contributed by atoms with van der Waals surface area (Å²) in [5, 5.41) is 12.4. The Morgan fingerprint density at radius 1 is 1.07 bits per heavy atom. The number of fused-ring (bicyclic) bond motifs is 3. The molecule has 2 aromatic heterocycles. The highest BCUT2D eigenvalue weighted by Gasteiger charge is 2.43. The van der Waals surface area contributed by atoms with Crippen molar-refractivity contribution >= 4 is 44.2 Å². The number of amides is 1. The van der Waals surface area contributed by atoms with E-state index >= 15 is 0 Å². The number of ether oxygens (including phenoxy) is 2. The van der Waals surface area contributed by atoms with Gasteiger partial charge in [-0.2, -0.15) is 0 Å². The van der Waals surface area contributed by atoms with E-state index in [0.29, 0.717) is 29.3 Å². The van der Waals surface area contributed by atoms with Gasteiger partial charge in [0.25, 0.3) is 0 Å². The quantitative estimate of drug-likeness (QED) is 0.157. The fourth-order valence-corrected chi connectivity index (χ4v) is 7.87. The number of carboxylic acids is 1. The van der Waals surface area contributed by atoms with Crippen LogP contribution in [0.2, 0.25) is 0 Å². The molecule has 3 aliphatic rings. The Labute approximate surface area is 260 Å². The largest absolute Gasteiger partial charge is 0.573 e. The van der Waals surface area contributed by atoms with Crippen LogP contribution < -0.4 is 15.0 Å². The van der Waals surface area contributed by atoms with E-state index in [9.17, 15) is 22.8 Å². The van der Waals surface area contributed by atoms with E-state index in [1.54, 1.807) is 35.7 Å². The van der Waals surface area contributed by atoms with E-state index in [1.807, 2.05) is 12.1 Å². The second-order valence-corrected chi connectivity index (χ2v) is 12.9. The minimum Gasteiger partial charge on any atom is -0.481 e. The number of anilines is 2. The van der Waals surface area contributed by atoms with E-state index in [-0.39, 0.29) is 23.9 Å². The van der Waals surface area contributed by atoms with E-state index in [2.05, 4.69) is 19.9 Å². The van der Waals surface area contributed by atoms with Crippen molar-refractivity contribution in [2.24, 2.45) is 0 Å². The van der Waals surface area contributed by atoms with Crippen molar-refractivity contribution in [1.29, 1.82) is 0 Å². The van der Waals surface area contributed by atoms with Gasteiger partial charge in [-0.1, -0.05) is 29.5 Å². The van der Waals surface area contributed by atoms with Crippen LogP contribution in [0.25, 0.3) is 21.3 Å². The van der Waals surface area contributed by atoms with Crippen molar-refractivity contribution in [3.63, 3.8) is 0 Å². The summed E-state index contributed by atoms with van der Waals surface area (Å²) in [6.07, 6.45) is 2.11. The van der Waals surface area contributed by atoms with Crippen LogP contribution in [0.4, 0.5) is 24.0 Å². The van der Waals surface area contributed by atoms with Gasteiger partial charge in [0.1, 0.15) is 12.2 Å². The average Bonchev–Trinajstić information content (AvgIpc) is 3.50. The predicted octanol–water partition coefficient (Wildman–Crippen LogP) is 7.20. The average molecular weight is 641 g/mol. The van der Waals surface area contributed by atoms with Crippen LogP contribution in [0, 0.1) is 0 Å². The number of aromatic amines is 1. The Morgan fingerprint density at radius 3 is 2.53 bits per heavy atom. The van der Waals surface area contributed by atoms with Crippen molar-refractivity contribution < 1.29 is 37.3 Å². The smallest absolute Gasteiger partial charge is 0.481 e. The number of H-pyrrole nitrogens is 1. The normalized spacial score (nSPS) is 21.3. The maximum Gasteiger partial charge on any atom is 0.573 e. The molecule has 4 heterocycles. The zero-order chi connectivity index (χ0) is 31.3. The van der Waals surface area contributed by atoms with Gasteiger partial charge in [-0.15, -0.1) is 13.2 Å². The zero-order valence-electron chi connectivity index (χ0n) is 24.1. The van der Waals surface area contributed by atoms with Crippen molar-refractivity contribution in [3.05, 3.63) is 59.9 Å². The number of aliphatic carboxylic acids is 1. The molecule has 2 saturated heterocycles. The Hall–Kier alpha value is -4.10. The topological polar surface area (TPSA) is 117 Å². The van der Waals surface area contributed by atoms with Crippen LogP contribution in [0.1, 0.15) is 62.1 Å². The molecule has 1 saturated carbocycles. The third-order valence-electron chi connectivity index (χ3n) is 8.76.